The zero-order valence-electron chi connectivity index (χ0n) is 27.7. The molecule has 47 heavy (non-hydrogen) atoms. The van der Waals surface area contributed by atoms with Crippen molar-refractivity contribution in [2.75, 3.05) is 13.2 Å². The Labute approximate surface area is 275 Å². The molecule has 0 aliphatic carbocycles. The third-order valence-corrected chi connectivity index (χ3v) is 8.40. The molecule has 264 valence electrons. The summed E-state index contributed by atoms with van der Waals surface area (Å²) in [5.41, 5.74) is -7.36. The monoisotopic (exact) mass is 672 g/mol. The number of esters is 2. The molecule has 0 aromatic heterocycles. The average molecular weight is 673 g/mol. The van der Waals surface area contributed by atoms with E-state index in [4.69, 9.17) is 9.47 Å². The number of ether oxygens (including phenoxy) is 2. The first-order valence-electron chi connectivity index (χ1n) is 17.1. The van der Waals surface area contributed by atoms with Gasteiger partial charge in [0.1, 0.15) is 0 Å². The van der Waals surface area contributed by atoms with Crippen molar-refractivity contribution in [3.8, 4) is 0 Å². The summed E-state index contributed by atoms with van der Waals surface area (Å²) in [7, 11) is 0. The number of unbranched alkanes of at least 4 members (excludes halogenated alkanes) is 14. The number of carbonyl (C=O) groups is 2. The van der Waals surface area contributed by atoms with Crippen LogP contribution in [-0.2, 0) is 14.9 Å². The summed E-state index contributed by atoms with van der Waals surface area (Å²) < 4.78 is 98.5. The van der Waals surface area contributed by atoms with Gasteiger partial charge in [-0.15, -0.1) is 0 Å². The zero-order valence-corrected chi connectivity index (χ0v) is 27.7. The van der Waals surface area contributed by atoms with Gasteiger partial charge in [0.15, 0.2) is 0 Å². The van der Waals surface area contributed by atoms with Crippen LogP contribution >= 0.6 is 0 Å². The fourth-order valence-electron chi connectivity index (χ4n) is 5.69. The highest BCUT2D eigenvalue weighted by atomic mass is 19.4. The van der Waals surface area contributed by atoms with Gasteiger partial charge in [-0.2, -0.15) is 26.3 Å². The molecule has 0 heterocycles. The minimum atomic E-state index is -5.84. The molecular weight excluding hydrogens is 622 g/mol. The zero-order chi connectivity index (χ0) is 34.8. The average Bonchev–Trinajstić information content (AvgIpc) is 3.02. The van der Waals surface area contributed by atoms with Gasteiger partial charge in [0.05, 0.1) is 24.3 Å². The van der Waals surface area contributed by atoms with Crippen molar-refractivity contribution in [1.82, 2.24) is 0 Å². The summed E-state index contributed by atoms with van der Waals surface area (Å²) in [6.45, 7) is 4.39. The van der Waals surface area contributed by atoms with Crippen LogP contribution in [0, 0.1) is 0 Å². The Kier molecular flexibility index (Phi) is 17.4. The summed E-state index contributed by atoms with van der Waals surface area (Å²) >= 11 is 0. The molecule has 0 unspecified atom stereocenters. The van der Waals surface area contributed by atoms with Crippen molar-refractivity contribution in [3.63, 3.8) is 0 Å². The van der Waals surface area contributed by atoms with E-state index in [-0.39, 0.29) is 18.8 Å². The van der Waals surface area contributed by atoms with Crippen LogP contribution in [0.3, 0.4) is 0 Å². The van der Waals surface area contributed by atoms with Crippen LogP contribution in [0.4, 0.5) is 26.3 Å². The second-order valence-corrected chi connectivity index (χ2v) is 12.1. The minimum Gasteiger partial charge on any atom is -0.462 e. The van der Waals surface area contributed by atoms with Crippen LogP contribution in [0.5, 0.6) is 0 Å². The minimum absolute atomic E-state index is 0.0122. The van der Waals surface area contributed by atoms with E-state index in [1.807, 2.05) is 0 Å². The highest BCUT2D eigenvalue weighted by molar-refractivity contribution is 5.90. The summed E-state index contributed by atoms with van der Waals surface area (Å²) in [6.07, 6.45) is 4.48. The Balaban J connectivity index is 2.13. The molecule has 10 heteroatoms. The molecule has 0 fully saturated rings. The fourth-order valence-corrected chi connectivity index (χ4v) is 5.69. The molecule has 0 saturated heterocycles. The van der Waals surface area contributed by atoms with E-state index in [1.54, 1.807) is 0 Å². The first kappa shape index (κ1) is 40.1. The van der Waals surface area contributed by atoms with E-state index < -0.39 is 46.4 Å². The van der Waals surface area contributed by atoms with Gasteiger partial charge in [0, 0.05) is 0 Å². The maximum atomic E-state index is 14.7. The predicted molar refractivity (Wildman–Crippen MR) is 172 cm³/mol. The van der Waals surface area contributed by atoms with Crippen molar-refractivity contribution in [2.24, 2.45) is 0 Å². The SMILES string of the molecule is CCCCCCCCCCOC(=O)c1ccc(C(c2cccc(C(=O)OCCCCCCCCCC)c2)(C(F)(F)F)C(F)(F)F)cc1. The summed E-state index contributed by atoms with van der Waals surface area (Å²) in [5.74, 6) is -1.83. The Morgan fingerprint density at radius 1 is 0.511 bits per heavy atom. The highest BCUT2D eigenvalue weighted by Crippen LogP contribution is 2.56. The summed E-state index contributed by atoms with van der Waals surface area (Å²) in [6, 6.07) is 6.47. The highest BCUT2D eigenvalue weighted by Gasteiger charge is 2.72. The second-order valence-electron chi connectivity index (χ2n) is 12.1. The van der Waals surface area contributed by atoms with E-state index >= 15 is 0 Å². The lowest BCUT2D eigenvalue weighted by molar-refractivity contribution is -0.288. The van der Waals surface area contributed by atoms with Crippen molar-refractivity contribution in [2.45, 2.75) is 134 Å². The molecule has 2 aromatic carbocycles. The molecule has 2 aromatic rings. The van der Waals surface area contributed by atoms with Gasteiger partial charge in [0.25, 0.3) is 0 Å². The predicted octanol–water partition coefficient (Wildman–Crippen LogP) is 11.7. The van der Waals surface area contributed by atoms with E-state index in [9.17, 15) is 35.9 Å². The molecule has 0 spiro atoms. The molecule has 0 bridgehead atoms. The molecule has 0 amide bonds. The largest absolute Gasteiger partial charge is 0.462 e. The smallest absolute Gasteiger partial charge is 0.411 e. The first-order chi connectivity index (χ1) is 22.4. The third-order valence-electron chi connectivity index (χ3n) is 8.40. The normalized spacial score (nSPS) is 12.3. The van der Waals surface area contributed by atoms with Crippen molar-refractivity contribution < 1.29 is 45.4 Å². The van der Waals surface area contributed by atoms with Crippen LogP contribution in [0.2, 0.25) is 0 Å². The van der Waals surface area contributed by atoms with E-state index in [0.29, 0.717) is 37.1 Å². The van der Waals surface area contributed by atoms with Crippen LogP contribution in [0.25, 0.3) is 0 Å². The number of hydrogen-bond acceptors (Lipinski definition) is 4. The lowest BCUT2D eigenvalue weighted by atomic mass is 9.72. The number of halogens is 6. The quantitative estimate of drug-likeness (QED) is 0.0710. The molecule has 0 radical (unpaired) electrons. The number of rotatable bonds is 22. The summed E-state index contributed by atoms with van der Waals surface area (Å²) in [4.78, 5) is 25.1. The molecule has 0 aliphatic rings. The van der Waals surface area contributed by atoms with E-state index in [2.05, 4.69) is 13.8 Å². The van der Waals surface area contributed by atoms with E-state index in [0.717, 1.165) is 94.9 Å². The summed E-state index contributed by atoms with van der Waals surface area (Å²) in [5, 5.41) is 0. The van der Waals surface area contributed by atoms with E-state index in [1.165, 1.54) is 19.3 Å². The van der Waals surface area contributed by atoms with Crippen molar-refractivity contribution in [1.29, 1.82) is 0 Å². The first-order valence-corrected chi connectivity index (χ1v) is 17.1. The fraction of sp³-hybridized carbons (Fsp3) is 0.622. The van der Waals surface area contributed by atoms with Gasteiger partial charge in [-0.25, -0.2) is 9.59 Å². The Hall–Kier alpha value is -3.04. The van der Waals surface area contributed by atoms with Gasteiger partial charge in [-0.3, -0.25) is 0 Å². The Bertz CT molecular complexity index is 1180. The van der Waals surface area contributed by atoms with Crippen LogP contribution in [0.15, 0.2) is 48.5 Å². The van der Waals surface area contributed by atoms with Gasteiger partial charge in [-0.05, 0) is 48.2 Å². The lowest BCUT2D eigenvalue weighted by Gasteiger charge is -2.38. The number of hydrogen-bond donors (Lipinski definition) is 0. The Morgan fingerprint density at radius 2 is 0.915 bits per heavy atom. The maximum Gasteiger partial charge on any atom is 0.411 e. The van der Waals surface area contributed by atoms with Crippen LogP contribution < -0.4 is 0 Å². The topological polar surface area (TPSA) is 52.6 Å². The van der Waals surface area contributed by atoms with Crippen LogP contribution in [0.1, 0.15) is 148 Å². The van der Waals surface area contributed by atoms with Crippen LogP contribution in [-0.4, -0.2) is 37.5 Å². The van der Waals surface area contributed by atoms with Crippen molar-refractivity contribution >= 4 is 11.9 Å². The molecule has 0 aliphatic heterocycles. The maximum absolute atomic E-state index is 14.7. The molecule has 0 N–H and O–H groups in total. The Morgan fingerprint density at radius 3 is 1.34 bits per heavy atom. The lowest BCUT2D eigenvalue weighted by Crippen LogP contribution is -2.54. The third kappa shape index (κ3) is 12.2. The van der Waals surface area contributed by atoms with Gasteiger partial charge < -0.3 is 9.47 Å². The number of benzene rings is 2. The molecule has 2 rings (SSSR count). The molecule has 4 nitrogen and oxygen atoms in total. The molecular formula is C37H50F6O4. The number of alkyl halides is 6. The second kappa shape index (κ2) is 20.4. The van der Waals surface area contributed by atoms with Crippen molar-refractivity contribution in [3.05, 3.63) is 70.8 Å². The van der Waals surface area contributed by atoms with Gasteiger partial charge in [0.2, 0.25) is 5.41 Å². The number of carbonyl (C=O) groups excluding carboxylic acids is 2. The molecule has 0 atom stereocenters. The standard InChI is InChI=1S/C37H50F6O4/c1-3-5-7-9-11-13-15-17-26-46-33(44)29-22-24-31(25-23-29)35(36(38,39)40,37(41,42)43)32-21-19-20-30(28-32)34(45)47-27-18-16-14-12-10-8-6-4-2/h19-25,28H,3-18,26-27H2,1-2H3. The van der Waals surface area contributed by atoms with Gasteiger partial charge in [-0.1, -0.05) is 128 Å². The molecule has 0 saturated carbocycles. The van der Waals surface area contributed by atoms with Gasteiger partial charge >= 0.3 is 24.3 Å².